The molecule has 1 atom stereocenters. The molecule has 8 heteroatoms. The molecule has 1 aliphatic heterocycles. The molecule has 2 heterocycles. The van der Waals surface area contributed by atoms with E-state index in [1.54, 1.807) is 23.1 Å². The maximum Gasteiger partial charge on any atom is 0.272 e. The molecule has 0 spiro atoms. The van der Waals surface area contributed by atoms with Crippen LogP contribution in [0.15, 0.2) is 30.5 Å². The van der Waals surface area contributed by atoms with Gasteiger partial charge in [-0.15, -0.1) is 0 Å². The van der Waals surface area contributed by atoms with Gasteiger partial charge < -0.3 is 20.1 Å². The Balaban J connectivity index is 1.71. The number of carbonyl (C=O) groups excluding carboxylic acids is 2. The second-order valence-electron chi connectivity index (χ2n) is 5.39. The predicted octanol–water partition coefficient (Wildman–Crippen LogP) is -0.421. The van der Waals surface area contributed by atoms with E-state index >= 15 is 0 Å². The highest BCUT2D eigenvalue weighted by Crippen LogP contribution is 2.09. The molecule has 0 radical (unpaired) electrons. The summed E-state index contributed by atoms with van der Waals surface area (Å²) in [4.78, 5) is 34.7. The van der Waals surface area contributed by atoms with E-state index in [2.05, 4.69) is 15.3 Å². The van der Waals surface area contributed by atoms with Crippen molar-refractivity contribution in [1.29, 1.82) is 0 Å². The molecule has 2 aromatic rings. The number of aromatic nitrogens is 2. The van der Waals surface area contributed by atoms with Crippen molar-refractivity contribution in [2.24, 2.45) is 0 Å². The fourth-order valence-corrected chi connectivity index (χ4v) is 2.49. The first-order valence-electron chi connectivity index (χ1n) is 7.69. The lowest BCUT2D eigenvalue weighted by Gasteiger charge is -2.30. The van der Waals surface area contributed by atoms with Crippen LogP contribution in [-0.4, -0.2) is 70.7 Å². The zero-order valence-corrected chi connectivity index (χ0v) is 13.0. The van der Waals surface area contributed by atoms with Gasteiger partial charge in [0, 0.05) is 13.1 Å². The number of nitrogens with one attached hydrogen (secondary N) is 1. The smallest absolute Gasteiger partial charge is 0.272 e. The highest BCUT2D eigenvalue weighted by Gasteiger charge is 2.27. The fourth-order valence-electron chi connectivity index (χ4n) is 2.49. The number of fused-ring (bicyclic) bond motifs is 1. The van der Waals surface area contributed by atoms with Crippen LogP contribution in [-0.2, 0) is 9.53 Å². The molecule has 0 bridgehead atoms. The molecule has 2 N–H and O–H groups in total. The summed E-state index contributed by atoms with van der Waals surface area (Å²) in [5, 5.41) is 12.0. The molecule has 1 fully saturated rings. The number of benzene rings is 1. The fraction of sp³-hybridized carbons (Fsp3) is 0.375. The van der Waals surface area contributed by atoms with Crippen LogP contribution < -0.4 is 5.32 Å². The maximum atomic E-state index is 12.4. The van der Waals surface area contributed by atoms with Gasteiger partial charge in [0.25, 0.3) is 5.91 Å². The van der Waals surface area contributed by atoms with Gasteiger partial charge >= 0.3 is 0 Å². The van der Waals surface area contributed by atoms with E-state index in [1.165, 1.54) is 6.20 Å². The molecule has 126 valence electrons. The van der Waals surface area contributed by atoms with Gasteiger partial charge in [0.1, 0.15) is 11.7 Å². The molecule has 0 saturated carbocycles. The van der Waals surface area contributed by atoms with Gasteiger partial charge in [-0.25, -0.2) is 4.98 Å². The summed E-state index contributed by atoms with van der Waals surface area (Å²) in [6.07, 6.45) is 1.35. The lowest BCUT2D eigenvalue weighted by Crippen LogP contribution is -2.53. The minimum atomic E-state index is -1.01. The Morgan fingerprint density at radius 1 is 1.25 bits per heavy atom. The summed E-state index contributed by atoms with van der Waals surface area (Å²) in [5.74, 6) is -0.878. The normalized spacial score (nSPS) is 16.0. The van der Waals surface area contributed by atoms with Crippen LogP contribution >= 0.6 is 0 Å². The Hall–Kier alpha value is -2.58. The van der Waals surface area contributed by atoms with Crippen LogP contribution in [0.4, 0.5) is 0 Å². The number of carbonyl (C=O) groups is 2. The number of amides is 2. The topological polar surface area (TPSA) is 105 Å². The minimum Gasteiger partial charge on any atom is -0.394 e. The molecular weight excluding hydrogens is 312 g/mol. The third-order valence-corrected chi connectivity index (χ3v) is 3.79. The molecule has 0 unspecified atom stereocenters. The molecule has 1 aliphatic rings. The number of rotatable bonds is 4. The second kappa shape index (κ2) is 7.33. The van der Waals surface area contributed by atoms with E-state index in [1.807, 2.05) is 6.07 Å². The summed E-state index contributed by atoms with van der Waals surface area (Å²) in [6, 6.07) is 6.17. The highest BCUT2D eigenvalue weighted by molar-refractivity contribution is 5.97. The number of aliphatic hydroxyl groups is 1. The van der Waals surface area contributed by atoms with Gasteiger partial charge in [0.2, 0.25) is 5.91 Å². The van der Waals surface area contributed by atoms with Gasteiger partial charge in [-0.3, -0.25) is 14.6 Å². The standard InChI is InChI=1S/C16H18N4O4/c21-10-14(16(23)20-5-7-24-8-6-20)19-15(22)13-9-17-11-3-1-2-4-12(11)18-13/h1-4,9,14,21H,5-8,10H2,(H,19,22)/t14-/m0/s1. The maximum absolute atomic E-state index is 12.4. The summed E-state index contributed by atoms with van der Waals surface area (Å²) >= 11 is 0. The van der Waals surface area contributed by atoms with Crippen molar-refractivity contribution in [2.75, 3.05) is 32.9 Å². The van der Waals surface area contributed by atoms with Gasteiger partial charge in [0.05, 0.1) is 37.1 Å². The average Bonchev–Trinajstić information content (AvgIpc) is 2.65. The van der Waals surface area contributed by atoms with Crippen LogP contribution in [0, 0.1) is 0 Å². The quantitative estimate of drug-likeness (QED) is 0.789. The Bertz CT molecular complexity index is 746. The first-order chi connectivity index (χ1) is 11.7. The summed E-state index contributed by atoms with van der Waals surface area (Å²) in [5.41, 5.74) is 1.37. The number of hydrogen-bond acceptors (Lipinski definition) is 6. The van der Waals surface area contributed by atoms with Crippen molar-refractivity contribution < 1.29 is 19.4 Å². The molecule has 24 heavy (non-hydrogen) atoms. The Kier molecular flexibility index (Phi) is 4.97. The van der Waals surface area contributed by atoms with Crippen LogP contribution in [0.3, 0.4) is 0 Å². The Morgan fingerprint density at radius 3 is 2.67 bits per heavy atom. The van der Waals surface area contributed by atoms with Crippen molar-refractivity contribution in [1.82, 2.24) is 20.2 Å². The Labute approximate surface area is 138 Å². The molecular formula is C16H18N4O4. The molecule has 3 rings (SSSR count). The van der Waals surface area contributed by atoms with Crippen LogP contribution in [0.1, 0.15) is 10.5 Å². The van der Waals surface area contributed by atoms with Crippen LogP contribution in [0.2, 0.25) is 0 Å². The van der Waals surface area contributed by atoms with E-state index in [4.69, 9.17) is 4.74 Å². The predicted molar refractivity (Wildman–Crippen MR) is 85.3 cm³/mol. The summed E-state index contributed by atoms with van der Waals surface area (Å²) < 4.78 is 5.19. The van der Waals surface area contributed by atoms with Crippen molar-refractivity contribution in [3.63, 3.8) is 0 Å². The number of nitrogens with zero attached hydrogens (tertiary/aromatic N) is 3. The van der Waals surface area contributed by atoms with Crippen LogP contribution in [0.25, 0.3) is 11.0 Å². The van der Waals surface area contributed by atoms with Gasteiger partial charge in [-0.2, -0.15) is 0 Å². The zero-order valence-electron chi connectivity index (χ0n) is 13.0. The molecule has 0 aliphatic carbocycles. The molecule has 1 saturated heterocycles. The second-order valence-corrected chi connectivity index (χ2v) is 5.39. The Morgan fingerprint density at radius 2 is 1.96 bits per heavy atom. The largest absolute Gasteiger partial charge is 0.394 e. The van der Waals surface area contributed by atoms with Gasteiger partial charge in [-0.1, -0.05) is 12.1 Å². The SMILES string of the molecule is O=C(N[C@@H](CO)C(=O)N1CCOCC1)c1cnc2ccccc2n1. The highest BCUT2D eigenvalue weighted by atomic mass is 16.5. The average molecular weight is 330 g/mol. The summed E-state index contributed by atoms with van der Waals surface area (Å²) in [7, 11) is 0. The number of aliphatic hydroxyl groups excluding tert-OH is 1. The van der Waals surface area contributed by atoms with Crippen molar-refractivity contribution >= 4 is 22.8 Å². The van der Waals surface area contributed by atoms with Crippen molar-refractivity contribution in [3.05, 3.63) is 36.2 Å². The molecule has 1 aromatic heterocycles. The monoisotopic (exact) mass is 330 g/mol. The summed E-state index contributed by atoms with van der Waals surface area (Å²) in [6.45, 7) is 1.31. The minimum absolute atomic E-state index is 0.0990. The van der Waals surface area contributed by atoms with Crippen molar-refractivity contribution in [3.8, 4) is 0 Å². The van der Waals surface area contributed by atoms with Gasteiger partial charge in [-0.05, 0) is 12.1 Å². The number of ether oxygens (including phenoxy) is 1. The molecule has 1 aromatic carbocycles. The molecule has 2 amide bonds. The number of morpholine rings is 1. The van der Waals surface area contributed by atoms with Gasteiger partial charge in [0.15, 0.2) is 0 Å². The zero-order chi connectivity index (χ0) is 16.9. The number of hydrogen-bond donors (Lipinski definition) is 2. The van der Waals surface area contributed by atoms with Crippen LogP contribution in [0.5, 0.6) is 0 Å². The number of para-hydroxylation sites is 2. The first kappa shape index (κ1) is 16.3. The first-order valence-corrected chi connectivity index (χ1v) is 7.69. The van der Waals surface area contributed by atoms with E-state index in [-0.39, 0.29) is 11.6 Å². The molecule has 8 nitrogen and oxygen atoms in total. The van der Waals surface area contributed by atoms with E-state index < -0.39 is 18.6 Å². The third-order valence-electron chi connectivity index (χ3n) is 3.79. The third kappa shape index (κ3) is 3.50. The lowest BCUT2D eigenvalue weighted by atomic mass is 10.2. The van der Waals surface area contributed by atoms with E-state index in [0.29, 0.717) is 37.3 Å². The van der Waals surface area contributed by atoms with Crippen molar-refractivity contribution in [2.45, 2.75) is 6.04 Å². The lowest BCUT2D eigenvalue weighted by molar-refractivity contribution is -0.138. The van der Waals surface area contributed by atoms with E-state index in [9.17, 15) is 14.7 Å². The van der Waals surface area contributed by atoms with E-state index in [0.717, 1.165) is 0 Å².